The van der Waals surface area contributed by atoms with E-state index in [-0.39, 0.29) is 0 Å². The number of ether oxygens (including phenoxy) is 1. The maximum absolute atomic E-state index is 9.08. The molecule has 2 atom stereocenters. The SMILES string of the molecule is COc1cc(CN2CCCC3CCCCC32)ccc1C#N. The van der Waals surface area contributed by atoms with Crippen molar-refractivity contribution in [2.45, 2.75) is 51.1 Å². The van der Waals surface area contributed by atoms with Gasteiger partial charge in [-0.3, -0.25) is 4.90 Å². The first-order valence-electron chi connectivity index (χ1n) is 8.13. The molecule has 0 N–H and O–H groups in total. The third-order valence-electron chi connectivity index (χ3n) is 5.13. The van der Waals surface area contributed by atoms with E-state index in [0.717, 1.165) is 18.5 Å². The number of rotatable bonds is 3. The van der Waals surface area contributed by atoms with E-state index in [4.69, 9.17) is 10.00 Å². The second kappa shape index (κ2) is 6.49. The zero-order valence-corrected chi connectivity index (χ0v) is 12.8. The van der Waals surface area contributed by atoms with Crippen LogP contribution in [-0.4, -0.2) is 24.6 Å². The van der Waals surface area contributed by atoms with Gasteiger partial charge in [0.25, 0.3) is 0 Å². The van der Waals surface area contributed by atoms with E-state index in [2.05, 4.69) is 17.0 Å². The standard InChI is InChI=1S/C18H24N2O/c1-21-18-11-14(8-9-16(18)12-19)13-20-10-4-6-15-5-2-3-7-17(15)20/h8-9,11,15,17H,2-7,10,13H2,1H3. The van der Waals surface area contributed by atoms with E-state index in [9.17, 15) is 0 Å². The van der Waals surface area contributed by atoms with Crippen LogP contribution in [0.4, 0.5) is 0 Å². The van der Waals surface area contributed by atoms with Gasteiger partial charge in [0.2, 0.25) is 0 Å². The topological polar surface area (TPSA) is 36.3 Å². The van der Waals surface area contributed by atoms with Gasteiger partial charge >= 0.3 is 0 Å². The smallest absolute Gasteiger partial charge is 0.136 e. The predicted molar refractivity (Wildman–Crippen MR) is 83.1 cm³/mol. The van der Waals surface area contributed by atoms with Crippen molar-refractivity contribution in [3.8, 4) is 11.8 Å². The Morgan fingerprint density at radius 3 is 2.86 bits per heavy atom. The van der Waals surface area contributed by atoms with Gasteiger partial charge in [0.05, 0.1) is 12.7 Å². The molecule has 1 aliphatic heterocycles. The predicted octanol–water partition coefficient (Wildman–Crippen LogP) is 3.72. The molecule has 0 amide bonds. The average molecular weight is 284 g/mol. The van der Waals surface area contributed by atoms with E-state index in [1.165, 1.54) is 50.6 Å². The zero-order chi connectivity index (χ0) is 14.7. The molecule has 1 aliphatic carbocycles. The molecule has 3 heteroatoms. The number of piperidine rings is 1. The number of likely N-dealkylation sites (tertiary alicyclic amines) is 1. The van der Waals surface area contributed by atoms with Crippen LogP contribution in [0.5, 0.6) is 5.75 Å². The molecule has 0 bridgehead atoms. The minimum atomic E-state index is 0.621. The van der Waals surface area contributed by atoms with Crippen molar-refractivity contribution in [2.75, 3.05) is 13.7 Å². The third-order valence-corrected chi connectivity index (χ3v) is 5.13. The second-order valence-electron chi connectivity index (χ2n) is 6.37. The quantitative estimate of drug-likeness (QED) is 0.848. The molecule has 0 spiro atoms. The first-order chi connectivity index (χ1) is 10.3. The van der Waals surface area contributed by atoms with Crippen molar-refractivity contribution in [2.24, 2.45) is 5.92 Å². The summed E-state index contributed by atoms with van der Waals surface area (Å²) in [5.74, 6) is 1.61. The Morgan fingerprint density at radius 2 is 2.05 bits per heavy atom. The molecule has 1 aromatic rings. The average Bonchev–Trinajstić information content (AvgIpc) is 2.55. The molecule has 1 saturated carbocycles. The lowest BCUT2D eigenvalue weighted by atomic mass is 9.78. The lowest BCUT2D eigenvalue weighted by molar-refractivity contribution is 0.0546. The van der Waals surface area contributed by atoms with Gasteiger partial charge in [-0.2, -0.15) is 5.26 Å². The summed E-state index contributed by atoms with van der Waals surface area (Å²) in [5, 5.41) is 9.08. The van der Waals surface area contributed by atoms with Crippen LogP contribution >= 0.6 is 0 Å². The van der Waals surface area contributed by atoms with Gasteiger partial charge in [-0.05, 0) is 55.8 Å². The van der Waals surface area contributed by atoms with Gasteiger partial charge < -0.3 is 4.74 Å². The third kappa shape index (κ3) is 3.06. The highest BCUT2D eigenvalue weighted by molar-refractivity contribution is 5.45. The molecule has 3 nitrogen and oxygen atoms in total. The molecule has 1 aromatic carbocycles. The normalized spacial score (nSPS) is 25.9. The van der Waals surface area contributed by atoms with Crippen molar-refractivity contribution in [3.05, 3.63) is 29.3 Å². The van der Waals surface area contributed by atoms with Crippen molar-refractivity contribution in [1.82, 2.24) is 4.90 Å². The summed E-state index contributed by atoms with van der Waals surface area (Å²) in [5.41, 5.74) is 1.88. The first kappa shape index (κ1) is 14.4. The number of fused-ring (bicyclic) bond motifs is 1. The van der Waals surface area contributed by atoms with Crippen LogP contribution in [0.25, 0.3) is 0 Å². The Labute approximate surface area is 127 Å². The second-order valence-corrected chi connectivity index (χ2v) is 6.37. The number of hydrogen-bond acceptors (Lipinski definition) is 3. The van der Waals surface area contributed by atoms with Gasteiger partial charge in [-0.25, -0.2) is 0 Å². The maximum atomic E-state index is 9.08. The fourth-order valence-corrected chi connectivity index (χ4v) is 4.09. The molecular formula is C18H24N2O. The summed E-state index contributed by atoms with van der Waals surface area (Å²) in [4.78, 5) is 2.66. The van der Waals surface area contributed by atoms with Crippen LogP contribution in [0, 0.1) is 17.2 Å². The summed E-state index contributed by atoms with van der Waals surface area (Å²) in [6, 6.07) is 8.95. The van der Waals surface area contributed by atoms with Crippen LogP contribution in [0.3, 0.4) is 0 Å². The molecule has 2 unspecified atom stereocenters. The summed E-state index contributed by atoms with van der Waals surface area (Å²) < 4.78 is 5.33. The van der Waals surface area contributed by atoms with Crippen molar-refractivity contribution < 1.29 is 4.74 Å². The van der Waals surface area contributed by atoms with Crippen molar-refractivity contribution in [3.63, 3.8) is 0 Å². The summed E-state index contributed by atoms with van der Waals surface area (Å²) in [7, 11) is 1.64. The van der Waals surface area contributed by atoms with Gasteiger partial charge in [0, 0.05) is 12.6 Å². The van der Waals surface area contributed by atoms with Crippen molar-refractivity contribution in [1.29, 1.82) is 5.26 Å². The lowest BCUT2D eigenvalue weighted by Gasteiger charge is -2.44. The molecule has 0 radical (unpaired) electrons. The first-order valence-corrected chi connectivity index (χ1v) is 8.13. The van der Waals surface area contributed by atoms with E-state index < -0.39 is 0 Å². The highest BCUT2D eigenvalue weighted by Gasteiger charge is 2.32. The van der Waals surface area contributed by atoms with Gasteiger partial charge in [-0.1, -0.05) is 18.9 Å². The van der Waals surface area contributed by atoms with Crippen LogP contribution < -0.4 is 4.74 Å². The Hall–Kier alpha value is -1.53. The number of nitriles is 1. The maximum Gasteiger partial charge on any atom is 0.136 e. The molecule has 21 heavy (non-hydrogen) atoms. The van der Waals surface area contributed by atoms with Crippen molar-refractivity contribution >= 4 is 0 Å². The minimum absolute atomic E-state index is 0.621. The lowest BCUT2D eigenvalue weighted by Crippen LogP contribution is -2.46. The van der Waals surface area contributed by atoms with Gasteiger partial charge in [0.15, 0.2) is 0 Å². The largest absolute Gasteiger partial charge is 0.495 e. The number of nitrogens with zero attached hydrogens (tertiary/aromatic N) is 2. The van der Waals surface area contributed by atoms with E-state index in [1.54, 1.807) is 7.11 Å². The zero-order valence-electron chi connectivity index (χ0n) is 12.8. The number of benzene rings is 1. The van der Waals surface area contributed by atoms with Crippen LogP contribution in [0.15, 0.2) is 18.2 Å². The Balaban J connectivity index is 1.75. The molecule has 1 heterocycles. The highest BCUT2D eigenvalue weighted by atomic mass is 16.5. The Bertz CT molecular complexity index is 533. The fourth-order valence-electron chi connectivity index (χ4n) is 4.09. The Kier molecular flexibility index (Phi) is 4.45. The van der Waals surface area contributed by atoms with E-state index in [1.807, 2.05) is 12.1 Å². The number of hydrogen-bond donors (Lipinski definition) is 0. The summed E-state index contributed by atoms with van der Waals surface area (Å²) >= 11 is 0. The molecule has 1 saturated heterocycles. The van der Waals surface area contributed by atoms with Gasteiger partial charge in [-0.15, -0.1) is 0 Å². The summed E-state index contributed by atoms with van der Waals surface area (Å²) in [6.45, 7) is 2.20. The summed E-state index contributed by atoms with van der Waals surface area (Å²) in [6.07, 6.45) is 8.32. The Morgan fingerprint density at radius 1 is 1.24 bits per heavy atom. The molecule has 0 aromatic heterocycles. The van der Waals surface area contributed by atoms with Crippen LogP contribution in [0.2, 0.25) is 0 Å². The minimum Gasteiger partial charge on any atom is -0.495 e. The van der Waals surface area contributed by atoms with E-state index >= 15 is 0 Å². The van der Waals surface area contributed by atoms with Crippen LogP contribution in [0.1, 0.15) is 49.7 Å². The highest BCUT2D eigenvalue weighted by Crippen LogP contribution is 2.36. The van der Waals surface area contributed by atoms with Gasteiger partial charge in [0.1, 0.15) is 11.8 Å². The monoisotopic (exact) mass is 284 g/mol. The molecule has 3 rings (SSSR count). The van der Waals surface area contributed by atoms with Crippen LogP contribution in [-0.2, 0) is 6.54 Å². The number of methoxy groups -OCH3 is 1. The molecular weight excluding hydrogens is 260 g/mol. The fraction of sp³-hybridized carbons (Fsp3) is 0.611. The van der Waals surface area contributed by atoms with E-state index in [0.29, 0.717) is 11.3 Å². The molecule has 2 fully saturated rings. The molecule has 112 valence electrons. The molecule has 2 aliphatic rings.